The van der Waals surface area contributed by atoms with E-state index in [4.69, 9.17) is 0 Å². The van der Waals surface area contributed by atoms with Gasteiger partial charge in [0.1, 0.15) is 11.5 Å². The number of hydrogen-bond donors (Lipinski definition) is 0. The Labute approximate surface area is 165 Å². The molecule has 0 unspecified atom stereocenters. The molecule has 8 nitrogen and oxygen atoms in total. The second kappa shape index (κ2) is 7.32. The van der Waals surface area contributed by atoms with Crippen molar-refractivity contribution in [2.45, 2.75) is 6.42 Å². The number of nitro benzene ring substituents is 1. The number of rotatable bonds is 4. The molecule has 144 valence electrons. The summed E-state index contributed by atoms with van der Waals surface area (Å²) in [5.41, 5.74) is 0.0357. The summed E-state index contributed by atoms with van der Waals surface area (Å²) in [4.78, 5) is 39.4. The van der Waals surface area contributed by atoms with Gasteiger partial charge < -0.3 is 0 Å². The molecule has 0 aliphatic carbocycles. The van der Waals surface area contributed by atoms with E-state index in [1.807, 2.05) is 0 Å². The van der Waals surface area contributed by atoms with Gasteiger partial charge in [0.05, 0.1) is 9.46 Å². The van der Waals surface area contributed by atoms with Crippen molar-refractivity contribution in [3.8, 4) is 0 Å². The van der Waals surface area contributed by atoms with Gasteiger partial charge in [-0.2, -0.15) is 14.6 Å². The molecule has 0 N–H and O–H groups in total. The summed E-state index contributed by atoms with van der Waals surface area (Å²) < 4.78 is 14.3. The fourth-order valence-corrected chi connectivity index (χ4v) is 3.63. The molecule has 2 heterocycles. The second-order valence-electron chi connectivity index (χ2n) is 6.13. The minimum atomic E-state index is -0.572. The molecule has 4 aromatic rings. The average molecular weight is 410 g/mol. The Morgan fingerprint density at radius 2 is 1.93 bits per heavy atom. The normalized spacial score (nSPS) is 11.8. The van der Waals surface area contributed by atoms with Gasteiger partial charge in [0, 0.05) is 18.6 Å². The van der Waals surface area contributed by atoms with Crippen LogP contribution in [0, 0.1) is 15.9 Å². The Morgan fingerprint density at radius 1 is 1.17 bits per heavy atom. The lowest BCUT2D eigenvalue weighted by molar-refractivity contribution is -0.384. The Balaban J connectivity index is 1.79. The molecule has 0 fully saturated rings. The third-order valence-electron chi connectivity index (χ3n) is 4.11. The van der Waals surface area contributed by atoms with Gasteiger partial charge in [-0.05, 0) is 29.3 Å². The number of benzene rings is 2. The van der Waals surface area contributed by atoms with Crippen LogP contribution < -0.4 is 15.7 Å². The minimum absolute atomic E-state index is 0.0610. The van der Waals surface area contributed by atoms with Crippen molar-refractivity contribution < 1.29 is 9.31 Å². The predicted molar refractivity (Wildman–Crippen MR) is 104 cm³/mol. The molecule has 2 aromatic heterocycles. The molecule has 2 aromatic carbocycles. The monoisotopic (exact) mass is 410 g/mol. The van der Waals surface area contributed by atoms with Crippen molar-refractivity contribution >= 4 is 28.1 Å². The number of nitrogens with zero attached hydrogens (tertiary/aromatic N) is 4. The lowest BCUT2D eigenvalue weighted by Crippen LogP contribution is -2.28. The van der Waals surface area contributed by atoms with Crippen molar-refractivity contribution in [1.29, 1.82) is 0 Å². The summed E-state index contributed by atoms with van der Waals surface area (Å²) in [6.45, 7) is 0. The highest BCUT2D eigenvalue weighted by Crippen LogP contribution is 2.13. The maximum Gasteiger partial charge on any atom is 0.296 e. The molecule has 0 radical (unpaired) electrons. The van der Waals surface area contributed by atoms with Gasteiger partial charge in [0.15, 0.2) is 0 Å². The van der Waals surface area contributed by atoms with Crippen LogP contribution in [-0.4, -0.2) is 19.5 Å². The van der Waals surface area contributed by atoms with Gasteiger partial charge in [-0.25, -0.2) is 4.39 Å². The average Bonchev–Trinajstić information content (AvgIpc) is 2.99. The second-order valence-corrected chi connectivity index (χ2v) is 7.14. The third-order valence-corrected chi connectivity index (χ3v) is 5.07. The Morgan fingerprint density at radius 3 is 2.66 bits per heavy atom. The lowest BCUT2D eigenvalue weighted by Gasteiger charge is -2.00. The van der Waals surface area contributed by atoms with Crippen LogP contribution in [0.1, 0.15) is 16.8 Å². The SMILES string of the molecule is O=c1nc2sc(=Cc3cccc([N+](=O)[O-])c3)c(=O)n2nc1Cc1ccc(F)cc1. The summed E-state index contributed by atoms with van der Waals surface area (Å²) in [5, 5.41) is 15.0. The Kier molecular flexibility index (Phi) is 4.69. The van der Waals surface area contributed by atoms with Crippen molar-refractivity contribution in [3.05, 3.63) is 107 Å². The number of fused-ring (bicyclic) bond motifs is 1. The van der Waals surface area contributed by atoms with E-state index >= 15 is 0 Å². The van der Waals surface area contributed by atoms with E-state index in [0.29, 0.717) is 11.1 Å². The first kappa shape index (κ1) is 18.6. The van der Waals surface area contributed by atoms with E-state index in [1.165, 1.54) is 48.5 Å². The van der Waals surface area contributed by atoms with Crippen LogP contribution in [0.4, 0.5) is 10.1 Å². The molecule has 0 amide bonds. The molecule has 0 saturated heterocycles. The maximum absolute atomic E-state index is 13.0. The largest absolute Gasteiger partial charge is 0.296 e. The van der Waals surface area contributed by atoms with Crippen LogP contribution >= 0.6 is 11.3 Å². The zero-order valence-corrected chi connectivity index (χ0v) is 15.4. The van der Waals surface area contributed by atoms with Crippen molar-refractivity contribution in [1.82, 2.24) is 14.6 Å². The number of thiazole rings is 1. The summed E-state index contributed by atoms with van der Waals surface area (Å²) in [5.74, 6) is -0.395. The molecule has 0 spiro atoms. The van der Waals surface area contributed by atoms with Crippen LogP contribution in [0.2, 0.25) is 0 Å². The zero-order chi connectivity index (χ0) is 20.5. The molecule has 10 heteroatoms. The highest BCUT2D eigenvalue weighted by Gasteiger charge is 2.12. The van der Waals surface area contributed by atoms with E-state index in [9.17, 15) is 24.1 Å². The van der Waals surface area contributed by atoms with Crippen LogP contribution in [0.15, 0.2) is 58.1 Å². The summed E-state index contributed by atoms with van der Waals surface area (Å²) in [7, 11) is 0. The van der Waals surface area contributed by atoms with Crippen LogP contribution in [0.5, 0.6) is 0 Å². The fourth-order valence-electron chi connectivity index (χ4n) is 2.73. The number of aromatic nitrogens is 3. The molecular formula is C19H11FN4O4S. The van der Waals surface area contributed by atoms with E-state index in [2.05, 4.69) is 10.1 Å². The van der Waals surface area contributed by atoms with Crippen LogP contribution in [0.25, 0.3) is 11.0 Å². The maximum atomic E-state index is 13.0. The first-order chi connectivity index (χ1) is 13.9. The van der Waals surface area contributed by atoms with Crippen molar-refractivity contribution in [2.24, 2.45) is 0 Å². The fraction of sp³-hybridized carbons (Fsp3) is 0.0526. The molecule has 0 atom stereocenters. The van der Waals surface area contributed by atoms with Gasteiger partial charge in [-0.1, -0.05) is 35.6 Å². The van der Waals surface area contributed by atoms with Crippen molar-refractivity contribution in [2.75, 3.05) is 0 Å². The molecule has 4 rings (SSSR count). The molecule has 0 aliphatic rings. The van der Waals surface area contributed by atoms with Gasteiger partial charge in [-0.3, -0.25) is 19.7 Å². The third kappa shape index (κ3) is 3.78. The number of halogens is 1. The number of non-ortho nitro benzene ring substituents is 1. The lowest BCUT2D eigenvalue weighted by atomic mass is 10.1. The van der Waals surface area contributed by atoms with E-state index < -0.39 is 21.9 Å². The molecule has 0 aliphatic heterocycles. The predicted octanol–water partition coefficient (Wildman–Crippen LogP) is 1.70. The standard InChI is InChI=1S/C19H11FN4O4S/c20-13-6-4-11(5-7-13)9-15-17(25)21-19-23(22-15)18(26)16(29-19)10-12-2-1-3-14(8-12)24(27)28/h1-8,10H,9H2. The van der Waals surface area contributed by atoms with E-state index in [1.54, 1.807) is 6.07 Å². The van der Waals surface area contributed by atoms with Gasteiger partial charge in [-0.15, -0.1) is 0 Å². The summed E-state index contributed by atoms with van der Waals surface area (Å²) in [6, 6.07) is 11.4. The molecule has 29 heavy (non-hydrogen) atoms. The zero-order valence-electron chi connectivity index (χ0n) is 14.6. The van der Waals surface area contributed by atoms with E-state index in [-0.39, 0.29) is 27.3 Å². The first-order valence-electron chi connectivity index (χ1n) is 8.34. The van der Waals surface area contributed by atoms with Gasteiger partial charge in [0.25, 0.3) is 16.8 Å². The topological polar surface area (TPSA) is 107 Å². The summed E-state index contributed by atoms with van der Waals surface area (Å²) in [6.07, 6.45) is 1.59. The number of nitro groups is 1. The Hall–Kier alpha value is -3.79. The quantitative estimate of drug-likeness (QED) is 0.374. The molecule has 0 saturated carbocycles. The van der Waals surface area contributed by atoms with E-state index in [0.717, 1.165) is 15.9 Å². The minimum Gasteiger partial charge on any atom is -0.266 e. The molecule has 0 bridgehead atoms. The number of hydrogen-bond acceptors (Lipinski definition) is 7. The smallest absolute Gasteiger partial charge is 0.266 e. The first-order valence-corrected chi connectivity index (χ1v) is 9.16. The van der Waals surface area contributed by atoms with Gasteiger partial charge >= 0.3 is 0 Å². The molecular weight excluding hydrogens is 399 g/mol. The van der Waals surface area contributed by atoms with Gasteiger partial charge in [0.2, 0.25) is 4.96 Å². The highest BCUT2D eigenvalue weighted by atomic mass is 32.1. The Bertz CT molecular complexity index is 1410. The van der Waals surface area contributed by atoms with Crippen LogP contribution in [-0.2, 0) is 6.42 Å². The van der Waals surface area contributed by atoms with Crippen LogP contribution in [0.3, 0.4) is 0 Å². The highest BCUT2D eigenvalue weighted by molar-refractivity contribution is 7.15. The van der Waals surface area contributed by atoms with Crippen molar-refractivity contribution in [3.63, 3.8) is 0 Å². The summed E-state index contributed by atoms with van der Waals surface area (Å²) >= 11 is 0.966.